The summed E-state index contributed by atoms with van der Waals surface area (Å²) in [5.41, 5.74) is 0.426. The summed E-state index contributed by atoms with van der Waals surface area (Å²) in [4.78, 5) is 0. The number of nitrogens with zero attached hydrogens (tertiary/aromatic N) is 2. The molecule has 5 heteroatoms. The van der Waals surface area contributed by atoms with Crippen LogP contribution in [0.5, 0.6) is 11.6 Å². The van der Waals surface area contributed by atoms with E-state index in [4.69, 9.17) is 14.6 Å². The van der Waals surface area contributed by atoms with Crippen LogP contribution in [-0.4, -0.2) is 28.5 Å². The van der Waals surface area contributed by atoms with E-state index in [2.05, 4.69) is 10.2 Å². The van der Waals surface area contributed by atoms with Gasteiger partial charge in [0.1, 0.15) is 11.4 Å². The second-order valence-electron chi connectivity index (χ2n) is 2.52. The quantitative estimate of drug-likeness (QED) is 0.756. The predicted molar refractivity (Wildman–Crippen MR) is 50.3 cm³/mol. The number of hydrogen-bond donors (Lipinski definition) is 1. The Kier molecular flexibility index (Phi) is 4.12. The summed E-state index contributed by atoms with van der Waals surface area (Å²) in [5, 5.41) is 16.5. The molecule has 1 rings (SSSR count). The summed E-state index contributed by atoms with van der Waals surface area (Å²) >= 11 is 0. The Morgan fingerprint density at radius 1 is 1.21 bits per heavy atom. The van der Waals surface area contributed by atoms with Crippen LogP contribution in [0.2, 0.25) is 0 Å². The molecular weight excluding hydrogens is 184 g/mol. The van der Waals surface area contributed by atoms with Gasteiger partial charge in [0, 0.05) is 6.07 Å². The van der Waals surface area contributed by atoms with Gasteiger partial charge in [0.15, 0.2) is 0 Å². The third-order valence-corrected chi connectivity index (χ3v) is 1.55. The first-order valence-electron chi connectivity index (χ1n) is 4.54. The smallest absolute Gasteiger partial charge is 0.237 e. The van der Waals surface area contributed by atoms with Crippen LogP contribution < -0.4 is 9.47 Å². The van der Waals surface area contributed by atoms with Crippen LogP contribution in [0.1, 0.15) is 19.5 Å². The minimum absolute atomic E-state index is 0.186. The monoisotopic (exact) mass is 198 g/mol. The van der Waals surface area contributed by atoms with Crippen molar-refractivity contribution in [1.82, 2.24) is 10.2 Å². The molecule has 1 N–H and O–H groups in total. The largest absolute Gasteiger partial charge is 0.492 e. The third kappa shape index (κ3) is 2.56. The van der Waals surface area contributed by atoms with Gasteiger partial charge in [-0.05, 0) is 13.8 Å². The van der Waals surface area contributed by atoms with Crippen LogP contribution >= 0.6 is 0 Å². The lowest BCUT2D eigenvalue weighted by atomic mass is 10.3. The molecule has 78 valence electrons. The minimum atomic E-state index is -0.186. The molecule has 0 aliphatic carbocycles. The molecule has 0 fully saturated rings. The van der Waals surface area contributed by atoms with E-state index in [9.17, 15) is 0 Å². The highest BCUT2D eigenvalue weighted by Gasteiger charge is 2.07. The second kappa shape index (κ2) is 5.39. The maximum absolute atomic E-state index is 8.94. The zero-order chi connectivity index (χ0) is 10.4. The Bertz CT molecular complexity index is 291. The lowest BCUT2D eigenvalue weighted by Gasteiger charge is -2.08. The Morgan fingerprint density at radius 2 is 1.93 bits per heavy atom. The van der Waals surface area contributed by atoms with E-state index in [1.807, 2.05) is 13.8 Å². The summed E-state index contributed by atoms with van der Waals surface area (Å²) < 4.78 is 10.4. The number of aromatic nitrogens is 2. The van der Waals surface area contributed by atoms with Gasteiger partial charge in [0.05, 0.1) is 19.8 Å². The van der Waals surface area contributed by atoms with Gasteiger partial charge in [-0.25, -0.2) is 0 Å². The minimum Gasteiger partial charge on any atom is -0.492 e. The lowest BCUT2D eigenvalue weighted by Crippen LogP contribution is -2.03. The van der Waals surface area contributed by atoms with Crippen molar-refractivity contribution in [2.45, 2.75) is 20.5 Å². The molecule has 0 radical (unpaired) electrons. The lowest BCUT2D eigenvalue weighted by molar-refractivity contribution is 0.254. The van der Waals surface area contributed by atoms with E-state index in [0.717, 1.165) is 0 Å². The molecule has 0 aromatic carbocycles. The molecule has 0 saturated carbocycles. The summed E-state index contributed by atoms with van der Waals surface area (Å²) in [6.45, 7) is 4.58. The molecule has 5 nitrogen and oxygen atoms in total. The molecule has 0 aliphatic rings. The molecule has 0 spiro atoms. The van der Waals surface area contributed by atoms with E-state index in [0.29, 0.717) is 30.5 Å². The first-order chi connectivity index (χ1) is 6.81. The highest BCUT2D eigenvalue weighted by molar-refractivity contribution is 5.30. The van der Waals surface area contributed by atoms with Crippen LogP contribution in [-0.2, 0) is 6.61 Å². The Morgan fingerprint density at radius 3 is 2.50 bits per heavy atom. The normalized spacial score (nSPS) is 9.93. The van der Waals surface area contributed by atoms with Crippen molar-refractivity contribution in [2.75, 3.05) is 13.2 Å². The fourth-order valence-corrected chi connectivity index (χ4v) is 0.992. The zero-order valence-corrected chi connectivity index (χ0v) is 8.36. The first kappa shape index (κ1) is 10.7. The number of ether oxygens (including phenoxy) is 2. The van der Waals surface area contributed by atoms with Crippen molar-refractivity contribution in [3.05, 3.63) is 11.8 Å². The van der Waals surface area contributed by atoms with Gasteiger partial charge in [0.2, 0.25) is 5.88 Å². The Hall–Kier alpha value is -1.36. The van der Waals surface area contributed by atoms with Gasteiger partial charge in [-0.3, -0.25) is 0 Å². The standard InChI is InChI=1S/C9H14N2O3/c1-3-13-8-5-9(14-4-2)11-10-7(8)6-12/h5,12H,3-4,6H2,1-2H3. The van der Waals surface area contributed by atoms with Crippen molar-refractivity contribution >= 4 is 0 Å². The summed E-state index contributed by atoms with van der Waals surface area (Å²) in [7, 11) is 0. The van der Waals surface area contributed by atoms with E-state index in [-0.39, 0.29) is 6.61 Å². The summed E-state index contributed by atoms with van der Waals surface area (Å²) in [6.07, 6.45) is 0. The molecule has 14 heavy (non-hydrogen) atoms. The Labute approximate surface area is 82.7 Å². The molecule has 0 atom stereocenters. The number of aliphatic hydroxyl groups excluding tert-OH is 1. The fourth-order valence-electron chi connectivity index (χ4n) is 0.992. The average molecular weight is 198 g/mol. The van der Waals surface area contributed by atoms with Crippen molar-refractivity contribution in [1.29, 1.82) is 0 Å². The molecule has 0 aliphatic heterocycles. The van der Waals surface area contributed by atoms with Crippen LogP contribution in [0.4, 0.5) is 0 Å². The van der Waals surface area contributed by atoms with E-state index < -0.39 is 0 Å². The summed E-state index contributed by atoms with van der Waals surface area (Å²) in [6, 6.07) is 1.63. The van der Waals surface area contributed by atoms with Crippen molar-refractivity contribution < 1.29 is 14.6 Å². The number of rotatable bonds is 5. The van der Waals surface area contributed by atoms with Crippen LogP contribution in [0, 0.1) is 0 Å². The first-order valence-corrected chi connectivity index (χ1v) is 4.54. The van der Waals surface area contributed by atoms with Crippen LogP contribution in [0.3, 0.4) is 0 Å². The molecule has 1 heterocycles. The number of aliphatic hydroxyl groups is 1. The highest BCUT2D eigenvalue weighted by atomic mass is 16.5. The van der Waals surface area contributed by atoms with Gasteiger partial charge in [0.25, 0.3) is 0 Å². The second-order valence-corrected chi connectivity index (χ2v) is 2.52. The van der Waals surface area contributed by atoms with E-state index >= 15 is 0 Å². The maximum atomic E-state index is 8.94. The van der Waals surface area contributed by atoms with Crippen molar-refractivity contribution in [3.63, 3.8) is 0 Å². The van der Waals surface area contributed by atoms with Crippen molar-refractivity contribution in [3.8, 4) is 11.6 Å². The van der Waals surface area contributed by atoms with E-state index in [1.54, 1.807) is 6.07 Å². The molecular formula is C9H14N2O3. The van der Waals surface area contributed by atoms with E-state index in [1.165, 1.54) is 0 Å². The highest BCUT2D eigenvalue weighted by Crippen LogP contribution is 2.20. The van der Waals surface area contributed by atoms with Crippen molar-refractivity contribution in [2.24, 2.45) is 0 Å². The van der Waals surface area contributed by atoms with Gasteiger partial charge in [-0.1, -0.05) is 0 Å². The molecule has 0 saturated heterocycles. The van der Waals surface area contributed by atoms with Crippen LogP contribution in [0.25, 0.3) is 0 Å². The number of hydrogen-bond acceptors (Lipinski definition) is 5. The van der Waals surface area contributed by atoms with Gasteiger partial charge < -0.3 is 14.6 Å². The molecule has 1 aromatic heterocycles. The van der Waals surface area contributed by atoms with Crippen LogP contribution in [0.15, 0.2) is 6.07 Å². The van der Waals surface area contributed by atoms with Gasteiger partial charge in [-0.2, -0.15) is 0 Å². The predicted octanol–water partition coefficient (Wildman–Crippen LogP) is 0.766. The Balaban J connectivity index is 2.88. The SMILES string of the molecule is CCOc1cc(OCC)c(CO)nn1. The topological polar surface area (TPSA) is 64.5 Å². The molecule has 0 amide bonds. The average Bonchev–Trinajstić information content (AvgIpc) is 2.19. The summed E-state index contributed by atoms with van der Waals surface area (Å²) in [5.74, 6) is 0.932. The van der Waals surface area contributed by atoms with Gasteiger partial charge >= 0.3 is 0 Å². The molecule has 0 bridgehead atoms. The third-order valence-electron chi connectivity index (χ3n) is 1.55. The maximum Gasteiger partial charge on any atom is 0.237 e. The molecule has 1 aromatic rings. The molecule has 0 unspecified atom stereocenters. The zero-order valence-electron chi connectivity index (χ0n) is 8.36. The van der Waals surface area contributed by atoms with Gasteiger partial charge in [-0.15, -0.1) is 10.2 Å². The fraction of sp³-hybridized carbons (Fsp3) is 0.556.